The highest BCUT2D eigenvalue weighted by atomic mass is 35.5. The van der Waals surface area contributed by atoms with E-state index in [2.05, 4.69) is 46.3 Å². The average molecular weight is 381 g/mol. The van der Waals surface area contributed by atoms with Crippen molar-refractivity contribution >= 4 is 28.1 Å². The van der Waals surface area contributed by atoms with Crippen molar-refractivity contribution in [3.63, 3.8) is 0 Å². The Morgan fingerprint density at radius 3 is 2.74 bits per heavy atom. The summed E-state index contributed by atoms with van der Waals surface area (Å²) < 4.78 is 0. The molecule has 4 heteroatoms. The van der Waals surface area contributed by atoms with Crippen LogP contribution in [0.3, 0.4) is 0 Å². The quantitative estimate of drug-likeness (QED) is 0.543. The van der Waals surface area contributed by atoms with Crippen LogP contribution in [0.15, 0.2) is 54.7 Å². The van der Waals surface area contributed by atoms with Crippen molar-refractivity contribution in [2.24, 2.45) is 0 Å². The van der Waals surface area contributed by atoms with Gasteiger partial charge in [0.05, 0.1) is 5.02 Å². The van der Waals surface area contributed by atoms with Gasteiger partial charge in [-0.3, -0.25) is 4.90 Å². The van der Waals surface area contributed by atoms with Gasteiger partial charge >= 0.3 is 0 Å². The minimum absolute atomic E-state index is 0.152. The molecule has 3 nitrogen and oxygen atoms in total. The third-order valence-electron chi connectivity index (χ3n) is 5.44. The molecular formula is C23H25ClN2O. The number of phenols is 1. The van der Waals surface area contributed by atoms with Crippen LogP contribution in [-0.4, -0.2) is 34.6 Å². The molecule has 1 aliphatic heterocycles. The molecular weight excluding hydrogens is 356 g/mol. The van der Waals surface area contributed by atoms with Crippen LogP contribution in [0.5, 0.6) is 5.75 Å². The van der Waals surface area contributed by atoms with E-state index in [0.717, 1.165) is 49.8 Å². The van der Waals surface area contributed by atoms with Crippen LogP contribution in [-0.2, 0) is 6.42 Å². The molecule has 0 atom stereocenters. The highest BCUT2D eigenvalue weighted by Gasteiger charge is 2.13. The lowest BCUT2D eigenvalue weighted by Gasteiger charge is -2.26. The molecule has 0 saturated heterocycles. The first-order valence-corrected chi connectivity index (χ1v) is 10.0. The van der Waals surface area contributed by atoms with Crippen molar-refractivity contribution in [2.75, 3.05) is 19.6 Å². The maximum Gasteiger partial charge on any atom is 0.134 e. The molecule has 4 rings (SSSR count). The molecule has 3 aromatic rings. The summed E-state index contributed by atoms with van der Waals surface area (Å²) in [4.78, 5) is 5.79. The van der Waals surface area contributed by atoms with E-state index in [9.17, 15) is 5.11 Å². The van der Waals surface area contributed by atoms with Gasteiger partial charge in [0, 0.05) is 30.2 Å². The van der Waals surface area contributed by atoms with Crippen molar-refractivity contribution in [1.82, 2.24) is 9.88 Å². The molecule has 0 aliphatic carbocycles. The first-order chi connectivity index (χ1) is 13.2. The fourth-order valence-electron chi connectivity index (χ4n) is 3.88. The number of fused-ring (bicyclic) bond motifs is 1. The third kappa shape index (κ3) is 4.20. The Kier molecular flexibility index (Phi) is 5.51. The summed E-state index contributed by atoms with van der Waals surface area (Å²) >= 11 is 5.98. The number of nitrogens with zero attached hydrogens (tertiary/aromatic N) is 1. The second kappa shape index (κ2) is 8.20. The fourth-order valence-corrected chi connectivity index (χ4v) is 4.04. The number of aromatic hydroxyl groups is 1. The number of phenolic OH excluding ortho intramolecular Hbond substituents is 1. The van der Waals surface area contributed by atoms with Gasteiger partial charge < -0.3 is 10.1 Å². The van der Waals surface area contributed by atoms with E-state index in [1.165, 1.54) is 23.1 Å². The van der Waals surface area contributed by atoms with Gasteiger partial charge in [-0.1, -0.05) is 48.0 Å². The fraction of sp³-hybridized carbons (Fsp3) is 0.304. The van der Waals surface area contributed by atoms with Crippen LogP contribution < -0.4 is 0 Å². The Balaban J connectivity index is 1.27. The van der Waals surface area contributed by atoms with E-state index in [4.69, 9.17) is 11.6 Å². The van der Waals surface area contributed by atoms with Crippen LogP contribution in [0.4, 0.5) is 0 Å². The second-order valence-electron chi connectivity index (χ2n) is 7.27. The van der Waals surface area contributed by atoms with E-state index >= 15 is 0 Å². The highest BCUT2D eigenvalue weighted by Crippen LogP contribution is 2.31. The number of aryl methyl sites for hydroxylation is 1. The Hall–Kier alpha value is -2.23. The van der Waals surface area contributed by atoms with Crippen LogP contribution in [0.2, 0.25) is 5.02 Å². The van der Waals surface area contributed by atoms with Gasteiger partial charge in [0.15, 0.2) is 0 Å². The van der Waals surface area contributed by atoms with Crippen molar-refractivity contribution < 1.29 is 5.11 Å². The molecule has 1 aromatic heterocycles. The number of rotatable bonds is 6. The van der Waals surface area contributed by atoms with Crippen LogP contribution >= 0.6 is 11.6 Å². The van der Waals surface area contributed by atoms with Crippen LogP contribution in [0, 0.1) is 0 Å². The van der Waals surface area contributed by atoms with E-state index < -0.39 is 0 Å². The first kappa shape index (κ1) is 18.1. The predicted octanol–water partition coefficient (Wildman–Crippen LogP) is 5.64. The molecule has 2 heterocycles. The molecule has 27 heavy (non-hydrogen) atoms. The predicted molar refractivity (Wildman–Crippen MR) is 113 cm³/mol. The van der Waals surface area contributed by atoms with E-state index in [-0.39, 0.29) is 5.75 Å². The largest absolute Gasteiger partial charge is 0.506 e. The second-order valence-corrected chi connectivity index (χ2v) is 7.67. The SMILES string of the molecule is Oc1cc2c(CCCCN3CC=C(c4ccccc4)CC3)c[nH]c2cc1Cl. The lowest BCUT2D eigenvalue weighted by atomic mass is 9.99. The number of benzene rings is 2. The summed E-state index contributed by atoms with van der Waals surface area (Å²) in [6, 6.07) is 14.3. The van der Waals surface area contributed by atoms with Gasteiger partial charge in [-0.2, -0.15) is 0 Å². The number of hydrogen-bond acceptors (Lipinski definition) is 2. The molecule has 0 amide bonds. The minimum atomic E-state index is 0.152. The highest BCUT2D eigenvalue weighted by molar-refractivity contribution is 6.32. The molecule has 2 N–H and O–H groups in total. The lowest BCUT2D eigenvalue weighted by molar-refractivity contribution is 0.295. The molecule has 0 unspecified atom stereocenters. The topological polar surface area (TPSA) is 39.3 Å². The number of aromatic nitrogens is 1. The van der Waals surface area contributed by atoms with Crippen LogP contribution in [0.25, 0.3) is 16.5 Å². The summed E-state index contributed by atoms with van der Waals surface area (Å²) in [5, 5.41) is 11.3. The first-order valence-electron chi connectivity index (χ1n) is 9.66. The third-order valence-corrected chi connectivity index (χ3v) is 5.75. The maximum absolute atomic E-state index is 9.85. The Labute approximate surface area is 165 Å². The number of hydrogen-bond donors (Lipinski definition) is 2. The summed E-state index contributed by atoms with van der Waals surface area (Å²) in [7, 11) is 0. The minimum Gasteiger partial charge on any atom is -0.506 e. The molecule has 0 spiro atoms. The smallest absolute Gasteiger partial charge is 0.134 e. The van der Waals surface area contributed by atoms with Gasteiger partial charge in [0.2, 0.25) is 0 Å². The van der Waals surface area contributed by atoms with Crippen molar-refractivity contribution in [3.05, 3.63) is 70.9 Å². The normalized spacial score (nSPS) is 15.2. The van der Waals surface area contributed by atoms with Gasteiger partial charge in [-0.15, -0.1) is 0 Å². The monoisotopic (exact) mass is 380 g/mol. The number of aromatic amines is 1. The Bertz CT molecular complexity index is 946. The van der Waals surface area contributed by atoms with Crippen molar-refractivity contribution in [1.29, 1.82) is 0 Å². The number of halogens is 1. The average Bonchev–Trinajstić information content (AvgIpc) is 3.08. The van der Waals surface area contributed by atoms with E-state index in [1.54, 1.807) is 12.1 Å². The summed E-state index contributed by atoms with van der Waals surface area (Å²) in [6.45, 7) is 3.32. The number of unbranched alkanes of at least 4 members (excludes halogenated alkanes) is 1. The van der Waals surface area contributed by atoms with E-state index in [0.29, 0.717) is 5.02 Å². The van der Waals surface area contributed by atoms with Crippen molar-refractivity contribution in [2.45, 2.75) is 25.7 Å². The molecule has 140 valence electrons. The van der Waals surface area contributed by atoms with Gasteiger partial charge in [0.25, 0.3) is 0 Å². The zero-order valence-corrected chi connectivity index (χ0v) is 16.2. The standard InChI is InChI=1S/C23H25ClN2O/c24-21-15-22-20(14-23(21)27)19(16-25-22)8-4-5-11-26-12-9-18(10-13-26)17-6-2-1-3-7-17/h1-3,6-7,9,14-16,25,27H,4-5,8,10-13H2. The number of H-pyrrole nitrogens is 1. The molecule has 0 radical (unpaired) electrons. The lowest BCUT2D eigenvalue weighted by Crippen LogP contribution is -2.29. The van der Waals surface area contributed by atoms with Gasteiger partial charge in [-0.25, -0.2) is 0 Å². The number of nitrogens with one attached hydrogen (secondary N) is 1. The molecule has 1 aliphatic rings. The molecule has 0 fully saturated rings. The van der Waals surface area contributed by atoms with Crippen molar-refractivity contribution in [3.8, 4) is 5.75 Å². The van der Waals surface area contributed by atoms with Crippen LogP contribution in [0.1, 0.15) is 30.4 Å². The van der Waals surface area contributed by atoms with Gasteiger partial charge in [-0.05, 0) is 61.1 Å². The van der Waals surface area contributed by atoms with Gasteiger partial charge in [0.1, 0.15) is 5.75 Å². The zero-order valence-electron chi connectivity index (χ0n) is 15.4. The molecule has 0 saturated carbocycles. The Morgan fingerprint density at radius 2 is 1.96 bits per heavy atom. The summed E-state index contributed by atoms with van der Waals surface area (Å²) in [5.41, 5.74) is 5.08. The summed E-state index contributed by atoms with van der Waals surface area (Å²) in [6.07, 6.45) is 8.89. The Morgan fingerprint density at radius 1 is 1.11 bits per heavy atom. The summed E-state index contributed by atoms with van der Waals surface area (Å²) in [5.74, 6) is 0.152. The molecule has 2 aromatic carbocycles. The maximum atomic E-state index is 9.85. The van der Waals surface area contributed by atoms with E-state index in [1.807, 2.05) is 6.20 Å². The molecule has 0 bridgehead atoms. The zero-order chi connectivity index (χ0) is 18.6.